The van der Waals surface area contributed by atoms with Crippen molar-refractivity contribution in [2.24, 2.45) is 0 Å². The lowest BCUT2D eigenvalue weighted by molar-refractivity contribution is -0.0134. The van der Waals surface area contributed by atoms with Crippen LogP contribution in [0.4, 0.5) is 10.6 Å². The van der Waals surface area contributed by atoms with Crippen LogP contribution in [0.5, 0.6) is 0 Å². The second kappa shape index (κ2) is 9.00. The summed E-state index contributed by atoms with van der Waals surface area (Å²) in [5.41, 5.74) is 6.32. The van der Waals surface area contributed by atoms with Crippen LogP contribution < -0.4 is 11.1 Å². The van der Waals surface area contributed by atoms with Crippen LogP contribution in [0.1, 0.15) is 59.1 Å². The van der Waals surface area contributed by atoms with E-state index in [9.17, 15) is 4.79 Å². The molecular weight excluding hydrogens is 396 g/mol. The summed E-state index contributed by atoms with van der Waals surface area (Å²) in [6, 6.07) is 2.42. The van der Waals surface area contributed by atoms with Crippen molar-refractivity contribution in [1.29, 1.82) is 0 Å². The van der Waals surface area contributed by atoms with E-state index in [4.69, 9.17) is 15.2 Å². The zero-order valence-electron chi connectivity index (χ0n) is 18.7. The Morgan fingerprint density at radius 2 is 2.16 bits per heavy atom. The first kappa shape index (κ1) is 21.8. The predicted molar refractivity (Wildman–Crippen MR) is 119 cm³/mol. The maximum atomic E-state index is 11.9. The van der Waals surface area contributed by atoms with Crippen LogP contribution in [0.3, 0.4) is 0 Å². The quantitative estimate of drug-likeness (QED) is 0.725. The highest BCUT2D eigenvalue weighted by Crippen LogP contribution is 2.33. The minimum atomic E-state index is -0.470. The van der Waals surface area contributed by atoms with E-state index in [-0.39, 0.29) is 18.4 Å². The van der Waals surface area contributed by atoms with Crippen molar-refractivity contribution in [3.8, 4) is 0 Å². The molecule has 0 saturated carbocycles. The number of carbonyl (C=O) groups excluding carboxylic acids is 1. The van der Waals surface area contributed by atoms with Crippen molar-refractivity contribution in [3.05, 3.63) is 18.6 Å². The van der Waals surface area contributed by atoms with Gasteiger partial charge in [-0.3, -0.25) is 4.90 Å². The van der Waals surface area contributed by atoms with E-state index in [1.165, 1.54) is 12.7 Å². The van der Waals surface area contributed by atoms with Gasteiger partial charge in [-0.1, -0.05) is 0 Å². The van der Waals surface area contributed by atoms with Gasteiger partial charge in [0.25, 0.3) is 0 Å². The molecule has 9 heteroatoms. The fourth-order valence-electron chi connectivity index (χ4n) is 4.63. The molecule has 9 nitrogen and oxygen atoms in total. The number of hydrogen-bond donors (Lipinski definition) is 2. The number of nitrogens with zero attached hydrogens (tertiary/aromatic N) is 4. The van der Waals surface area contributed by atoms with E-state index in [0.717, 1.165) is 49.8 Å². The fourth-order valence-corrected chi connectivity index (χ4v) is 4.63. The molecule has 4 rings (SSSR count). The first-order chi connectivity index (χ1) is 14.8. The average molecular weight is 431 g/mol. The molecule has 2 aliphatic rings. The summed E-state index contributed by atoms with van der Waals surface area (Å²) in [7, 11) is 0. The number of rotatable bonds is 6. The maximum Gasteiger partial charge on any atom is 0.407 e. The van der Waals surface area contributed by atoms with Crippen LogP contribution >= 0.6 is 0 Å². The molecule has 2 fully saturated rings. The minimum Gasteiger partial charge on any atom is -0.444 e. The Balaban J connectivity index is 1.27. The number of likely N-dealkylation sites (tertiary alicyclic amines) is 1. The predicted octanol–water partition coefficient (Wildman–Crippen LogP) is 3.07. The molecular formula is C22H34N6O3. The van der Waals surface area contributed by atoms with Crippen LogP contribution in [0.2, 0.25) is 0 Å². The smallest absolute Gasteiger partial charge is 0.407 e. The zero-order chi connectivity index (χ0) is 22.0. The number of nitrogens with one attached hydrogen (secondary N) is 1. The summed E-state index contributed by atoms with van der Waals surface area (Å²) < 4.78 is 13.8. The Morgan fingerprint density at radius 1 is 1.32 bits per heavy atom. The Kier molecular flexibility index (Phi) is 6.34. The number of anilines is 1. The topological polar surface area (TPSA) is 108 Å². The number of nitrogens with two attached hydrogens (primary N) is 1. The summed E-state index contributed by atoms with van der Waals surface area (Å²) in [5.74, 6) is 0.498. The molecule has 2 saturated heterocycles. The molecule has 4 heterocycles. The largest absolute Gasteiger partial charge is 0.444 e. The van der Waals surface area contributed by atoms with E-state index in [2.05, 4.69) is 24.8 Å². The summed E-state index contributed by atoms with van der Waals surface area (Å²) in [4.78, 5) is 22.8. The van der Waals surface area contributed by atoms with Gasteiger partial charge in [-0.15, -0.1) is 0 Å². The van der Waals surface area contributed by atoms with Crippen molar-refractivity contribution < 1.29 is 14.3 Å². The molecule has 1 amide bonds. The van der Waals surface area contributed by atoms with Gasteiger partial charge in [0.15, 0.2) is 0 Å². The number of ether oxygens (including phenoxy) is 2. The minimum absolute atomic E-state index is 0.0216. The number of hydrogen-bond acceptors (Lipinski definition) is 7. The second-order valence-electron chi connectivity index (χ2n) is 9.52. The first-order valence-corrected chi connectivity index (χ1v) is 11.2. The number of carbonyl (C=O) groups is 1. The number of alkyl carbamates (subject to hydrolysis) is 1. The van der Waals surface area contributed by atoms with Crippen LogP contribution in [0.25, 0.3) is 11.0 Å². The number of amides is 1. The zero-order valence-corrected chi connectivity index (χ0v) is 18.7. The van der Waals surface area contributed by atoms with E-state index in [1.807, 2.05) is 33.0 Å². The molecule has 0 unspecified atom stereocenters. The summed E-state index contributed by atoms with van der Waals surface area (Å²) >= 11 is 0. The molecule has 2 aromatic rings. The second-order valence-corrected chi connectivity index (χ2v) is 9.52. The number of fused-ring (bicyclic) bond motifs is 1. The molecule has 0 aliphatic carbocycles. The lowest BCUT2D eigenvalue weighted by atomic mass is 10.1. The van der Waals surface area contributed by atoms with E-state index in [1.54, 1.807) is 0 Å². The third-order valence-electron chi connectivity index (χ3n) is 6.02. The lowest BCUT2D eigenvalue weighted by Crippen LogP contribution is -2.39. The van der Waals surface area contributed by atoms with Gasteiger partial charge in [0.1, 0.15) is 29.6 Å². The Labute approximate surface area is 183 Å². The van der Waals surface area contributed by atoms with E-state index in [0.29, 0.717) is 18.4 Å². The molecule has 3 atom stereocenters. The molecule has 170 valence electrons. The van der Waals surface area contributed by atoms with Crippen LogP contribution in [0, 0.1) is 0 Å². The van der Waals surface area contributed by atoms with Crippen molar-refractivity contribution in [1.82, 2.24) is 24.8 Å². The monoisotopic (exact) mass is 430 g/mol. The molecule has 0 bridgehead atoms. The van der Waals surface area contributed by atoms with Gasteiger partial charge in [0.05, 0.1) is 11.5 Å². The van der Waals surface area contributed by atoms with Gasteiger partial charge < -0.3 is 25.1 Å². The van der Waals surface area contributed by atoms with Crippen LogP contribution in [-0.4, -0.2) is 62.9 Å². The molecule has 0 spiro atoms. The van der Waals surface area contributed by atoms with Crippen molar-refractivity contribution >= 4 is 22.9 Å². The highest BCUT2D eigenvalue weighted by atomic mass is 16.6. The Hall–Kier alpha value is -2.39. The van der Waals surface area contributed by atoms with Gasteiger partial charge >= 0.3 is 6.09 Å². The molecule has 0 aromatic carbocycles. The van der Waals surface area contributed by atoms with Gasteiger partial charge in [0, 0.05) is 25.3 Å². The van der Waals surface area contributed by atoms with Gasteiger partial charge in [-0.05, 0) is 65.5 Å². The maximum absolute atomic E-state index is 11.9. The number of nitrogen functional groups attached to an aromatic ring is 1. The number of aromatic nitrogens is 3. The Bertz CT molecular complexity index is 908. The van der Waals surface area contributed by atoms with Crippen molar-refractivity contribution in [2.45, 2.75) is 76.9 Å². The van der Waals surface area contributed by atoms with Crippen molar-refractivity contribution in [3.63, 3.8) is 0 Å². The molecule has 3 N–H and O–H groups in total. The van der Waals surface area contributed by atoms with Gasteiger partial charge in [-0.25, -0.2) is 14.8 Å². The summed E-state index contributed by atoms with van der Waals surface area (Å²) in [5, 5.41) is 3.75. The SMILES string of the molecule is CC(C)(C)OC(=O)NCC[C@@H]1CCCN1C[C@@H]1CC[C@H](n2ccc3c(N)ncnc32)O1. The Morgan fingerprint density at radius 3 is 2.97 bits per heavy atom. The third-order valence-corrected chi connectivity index (χ3v) is 6.02. The van der Waals surface area contributed by atoms with Crippen molar-refractivity contribution in [2.75, 3.05) is 25.4 Å². The summed E-state index contributed by atoms with van der Waals surface area (Å²) in [6.45, 7) is 8.25. The normalized spacial score (nSPS) is 24.7. The molecule has 2 aliphatic heterocycles. The van der Waals surface area contributed by atoms with Crippen LogP contribution in [0.15, 0.2) is 18.6 Å². The van der Waals surface area contributed by atoms with Gasteiger partial charge in [-0.2, -0.15) is 0 Å². The fraction of sp³-hybridized carbons (Fsp3) is 0.682. The van der Waals surface area contributed by atoms with Crippen LogP contribution in [-0.2, 0) is 9.47 Å². The average Bonchev–Trinajstić information content (AvgIpc) is 3.41. The molecule has 2 aromatic heterocycles. The summed E-state index contributed by atoms with van der Waals surface area (Å²) in [6.07, 6.45) is 8.56. The highest BCUT2D eigenvalue weighted by Gasteiger charge is 2.32. The lowest BCUT2D eigenvalue weighted by Gasteiger charge is -2.27. The van der Waals surface area contributed by atoms with Gasteiger partial charge in [0.2, 0.25) is 0 Å². The molecule has 0 radical (unpaired) electrons. The van der Waals surface area contributed by atoms with E-state index >= 15 is 0 Å². The standard InChI is InChI=1S/C22H34N6O3/c1-22(2,3)31-21(29)24-10-8-15-5-4-11-27(15)13-16-6-7-18(30-16)28-12-9-17-19(23)25-14-26-20(17)28/h9,12,14-16,18H,4-8,10-11,13H2,1-3H3,(H,24,29)(H2,23,25,26)/t15-,16-,18+/m0/s1. The van der Waals surface area contributed by atoms with E-state index < -0.39 is 5.60 Å². The highest BCUT2D eigenvalue weighted by molar-refractivity contribution is 5.86. The first-order valence-electron chi connectivity index (χ1n) is 11.2. The third kappa shape index (κ3) is 5.27. The molecule has 31 heavy (non-hydrogen) atoms.